The van der Waals surface area contributed by atoms with Crippen LogP contribution in [0.15, 0.2) is 41.5 Å². The molecular weight excluding hydrogens is 474 g/mol. The van der Waals surface area contributed by atoms with E-state index in [1.54, 1.807) is 0 Å². The molecule has 0 spiro atoms. The topological polar surface area (TPSA) is 78.8 Å². The Labute approximate surface area is 215 Å². The minimum Gasteiger partial charge on any atom is -0.368 e. The van der Waals surface area contributed by atoms with Crippen LogP contribution in [0.3, 0.4) is 0 Å². The molecular formula is C27H33N5O3S. The van der Waals surface area contributed by atoms with Crippen LogP contribution in [0.5, 0.6) is 0 Å². The first kappa shape index (κ1) is 24.5. The third kappa shape index (κ3) is 4.76. The number of likely N-dealkylation sites (tertiary alicyclic amines) is 1. The molecule has 2 fully saturated rings. The number of amides is 2. The maximum absolute atomic E-state index is 13.4. The molecule has 2 aromatic heterocycles. The van der Waals surface area contributed by atoms with Crippen molar-refractivity contribution in [3.63, 3.8) is 0 Å². The average Bonchev–Trinajstić information content (AvgIpc) is 3.22. The molecule has 0 bridgehead atoms. The monoisotopic (exact) mass is 507 g/mol. The van der Waals surface area contributed by atoms with Gasteiger partial charge in [-0.05, 0) is 42.9 Å². The maximum Gasteiger partial charge on any atom is 0.264 e. The normalized spacial score (nSPS) is 20.7. The summed E-state index contributed by atoms with van der Waals surface area (Å²) in [5.41, 5.74) is 1.56. The summed E-state index contributed by atoms with van der Waals surface area (Å²) in [5.74, 6) is 0.799. The molecule has 2 saturated heterocycles. The summed E-state index contributed by atoms with van der Waals surface area (Å²) in [5, 5.41) is 0.446. The van der Waals surface area contributed by atoms with E-state index < -0.39 is 0 Å². The predicted octanol–water partition coefficient (Wildman–Crippen LogP) is 3.23. The predicted molar refractivity (Wildman–Crippen MR) is 143 cm³/mol. The third-order valence-electron chi connectivity index (χ3n) is 7.33. The van der Waals surface area contributed by atoms with E-state index in [2.05, 4.69) is 35.9 Å². The van der Waals surface area contributed by atoms with Gasteiger partial charge in [0.2, 0.25) is 5.91 Å². The average molecular weight is 508 g/mol. The SMILES string of the molecule is Cc1c(C(=O)N2CCN(c3ccccc3)CC2)sc2ncn(CC(=O)N3C[C@@H](C)C[C@H](C)C3)c(=O)c12. The molecule has 5 rings (SSSR count). The number of nitrogens with zero attached hydrogens (tertiary/aromatic N) is 5. The molecule has 9 heteroatoms. The van der Waals surface area contributed by atoms with Gasteiger partial charge in [0.25, 0.3) is 11.5 Å². The van der Waals surface area contributed by atoms with E-state index in [0.29, 0.717) is 45.6 Å². The van der Waals surface area contributed by atoms with Crippen molar-refractivity contribution in [3.8, 4) is 0 Å². The number of carbonyl (C=O) groups excluding carboxylic acids is 2. The maximum atomic E-state index is 13.4. The lowest BCUT2D eigenvalue weighted by molar-refractivity contribution is -0.134. The fourth-order valence-electron chi connectivity index (χ4n) is 5.54. The van der Waals surface area contributed by atoms with Crippen molar-refractivity contribution in [1.82, 2.24) is 19.4 Å². The van der Waals surface area contributed by atoms with Gasteiger partial charge in [0.05, 0.1) is 16.6 Å². The zero-order chi connectivity index (χ0) is 25.4. The lowest BCUT2D eigenvalue weighted by Crippen LogP contribution is -2.48. The van der Waals surface area contributed by atoms with Crippen molar-refractivity contribution in [2.24, 2.45) is 11.8 Å². The summed E-state index contributed by atoms with van der Waals surface area (Å²) in [7, 11) is 0. The van der Waals surface area contributed by atoms with Crippen LogP contribution in [0.25, 0.3) is 10.2 Å². The Kier molecular flexibility index (Phi) is 6.83. The number of thiophene rings is 1. The van der Waals surface area contributed by atoms with Crippen molar-refractivity contribution in [3.05, 3.63) is 57.5 Å². The largest absolute Gasteiger partial charge is 0.368 e. The molecule has 0 unspecified atom stereocenters. The smallest absolute Gasteiger partial charge is 0.264 e. The summed E-state index contributed by atoms with van der Waals surface area (Å²) in [6.45, 7) is 10.3. The fourth-order valence-corrected chi connectivity index (χ4v) is 6.65. The van der Waals surface area contributed by atoms with Gasteiger partial charge in [-0.25, -0.2) is 4.98 Å². The first-order valence-electron chi connectivity index (χ1n) is 12.7. The number of hydrogen-bond acceptors (Lipinski definition) is 6. The highest BCUT2D eigenvalue weighted by atomic mass is 32.1. The van der Waals surface area contributed by atoms with Crippen LogP contribution in [0.2, 0.25) is 0 Å². The second kappa shape index (κ2) is 10.0. The zero-order valence-electron chi connectivity index (χ0n) is 21.1. The fraction of sp³-hybridized carbons (Fsp3) is 0.481. The third-order valence-corrected chi connectivity index (χ3v) is 8.51. The Morgan fingerprint density at radius 3 is 2.33 bits per heavy atom. The van der Waals surface area contributed by atoms with Crippen molar-refractivity contribution in [2.75, 3.05) is 44.2 Å². The Morgan fingerprint density at radius 1 is 1.00 bits per heavy atom. The number of benzene rings is 1. The van der Waals surface area contributed by atoms with E-state index in [0.717, 1.165) is 38.3 Å². The Bertz CT molecular complexity index is 1320. The molecule has 36 heavy (non-hydrogen) atoms. The summed E-state index contributed by atoms with van der Waals surface area (Å²) in [4.78, 5) is 51.3. The van der Waals surface area contributed by atoms with Gasteiger partial charge in [0.15, 0.2) is 0 Å². The van der Waals surface area contributed by atoms with Gasteiger partial charge >= 0.3 is 0 Å². The van der Waals surface area contributed by atoms with Gasteiger partial charge in [0.1, 0.15) is 11.4 Å². The highest BCUT2D eigenvalue weighted by Gasteiger charge is 2.28. The van der Waals surface area contributed by atoms with Crippen LogP contribution < -0.4 is 10.5 Å². The van der Waals surface area contributed by atoms with Crippen LogP contribution in [0, 0.1) is 18.8 Å². The van der Waals surface area contributed by atoms with E-state index >= 15 is 0 Å². The Balaban J connectivity index is 1.32. The standard InChI is InChI=1S/C27H33N5O3S/c1-18-13-19(2)15-31(14-18)22(33)16-32-17-28-25-23(26(32)34)20(3)24(36-25)27(35)30-11-9-29(10-12-30)21-7-5-4-6-8-21/h4-8,17-19H,9-16H2,1-3H3/t18-,19-/m0/s1. The lowest BCUT2D eigenvalue weighted by atomic mass is 9.92. The molecule has 8 nitrogen and oxygen atoms in total. The summed E-state index contributed by atoms with van der Waals surface area (Å²) < 4.78 is 1.39. The molecule has 4 heterocycles. The van der Waals surface area contributed by atoms with Gasteiger partial charge in [0, 0.05) is 45.0 Å². The Morgan fingerprint density at radius 2 is 1.67 bits per heavy atom. The molecule has 2 aliphatic rings. The van der Waals surface area contributed by atoms with Crippen molar-refractivity contribution in [2.45, 2.75) is 33.7 Å². The van der Waals surface area contributed by atoms with Crippen LogP contribution in [0.4, 0.5) is 5.69 Å². The lowest BCUT2D eigenvalue weighted by Gasteiger charge is -2.36. The minimum absolute atomic E-state index is 0.0266. The molecule has 0 radical (unpaired) electrons. The van der Waals surface area contributed by atoms with E-state index in [1.165, 1.54) is 22.2 Å². The summed E-state index contributed by atoms with van der Waals surface area (Å²) >= 11 is 1.27. The Hall–Kier alpha value is -3.20. The van der Waals surface area contributed by atoms with Crippen molar-refractivity contribution >= 4 is 39.1 Å². The number of piperidine rings is 1. The molecule has 0 saturated carbocycles. The number of carbonyl (C=O) groups is 2. The molecule has 190 valence electrons. The molecule has 0 N–H and O–H groups in total. The highest BCUT2D eigenvalue weighted by Crippen LogP contribution is 2.29. The number of aryl methyl sites for hydroxylation is 1. The number of aromatic nitrogens is 2. The summed E-state index contributed by atoms with van der Waals surface area (Å²) in [6, 6.07) is 10.2. The second-order valence-corrected chi connectivity index (χ2v) is 11.3. The van der Waals surface area contributed by atoms with Crippen LogP contribution in [-0.4, -0.2) is 70.4 Å². The zero-order valence-corrected chi connectivity index (χ0v) is 22.0. The van der Waals surface area contributed by atoms with E-state index in [9.17, 15) is 14.4 Å². The van der Waals surface area contributed by atoms with E-state index in [4.69, 9.17) is 0 Å². The number of hydrogen-bond donors (Lipinski definition) is 0. The number of fused-ring (bicyclic) bond motifs is 1. The first-order chi connectivity index (χ1) is 17.3. The van der Waals surface area contributed by atoms with Crippen LogP contribution >= 0.6 is 11.3 Å². The molecule has 0 aliphatic carbocycles. The van der Waals surface area contributed by atoms with Gasteiger partial charge in [-0.3, -0.25) is 19.0 Å². The van der Waals surface area contributed by atoms with Crippen LogP contribution in [-0.2, 0) is 11.3 Å². The van der Waals surface area contributed by atoms with E-state index in [1.807, 2.05) is 34.9 Å². The first-order valence-corrected chi connectivity index (χ1v) is 13.5. The molecule has 2 aliphatic heterocycles. The van der Waals surface area contributed by atoms with Gasteiger partial charge in [-0.15, -0.1) is 11.3 Å². The number of rotatable bonds is 4. The van der Waals surface area contributed by atoms with Crippen molar-refractivity contribution in [1.29, 1.82) is 0 Å². The quantitative estimate of drug-likeness (QED) is 0.542. The molecule has 2 amide bonds. The molecule has 1 aromatic carbocycles. The second-order valence-electron chi connectivity index (χ2n) is 10.3. The molecule has 3 aromatic rings. The van der Waals surface area contributed by atoms with Crippen LogP contribution in [0.1, 0.15) is 35.5 Å². The number of anilines is 1. The van der Waals surface area contributed by atoms with E-state index in [-0.39, 0.29) is 23.9 Å². The van der Waals surface area contributed by atoms with Gasteiger partial charge in [-0.1, -0.05) is 32.0 Å². The van der Waals surface area contributed by atoms with Gasteiger partial charge in [-0.2, -0.15) is 0 Å². The summed E-state index contributed by atoms with van der Waals surface area (Å²) in [6.07, 6.45) is 2.56. The van der Waals surface area contributed by atoms with Gasteiger partial charge < -0.3 is 14.7 Å². The molecule has 2 atom stereocenters. The number of piperazine rings is 1. The van der Waals surface area contributed by atoms with Crippen molar-refractivity contribution < 1.29 is 9.59 Å². The minimum atomic E-state index is -0.256. The highest BCUT2D eigenvalue weighted by molar-refractivity contribution is 7.20. The number of para-hydroxylation sites is 1.